The summed E-state index contributed by atoms with van der Waals surface area (Å²) in [4.78, 5) is 10.9. The molecule has 14 heavy (non-hydrogen) atoms. The van der Waals surface area contributed by atoms with Crippen LogP contribution in [-0.4, -0.2) is 34.0 Å². The first kappa shape index (κ1) is 11.6. The second-order valence-electron chi connectivity index (χ2n) is 2.99. The quantitative estimate of drug-likeness (QED) is 0.619. The van der Waals surface area contributed by atoms with E-state index in [1.54, 1.807) is 0 Å². The normalized spacial score (nSPS) is 9.86. The van der Waals surface area contributed by atoms with Gasteiger partial charge in [-0.05, 0) is 0 Å². The first-order chi connectivity index (χ1) is 6.72. The van der Waals surface area contributed by atoms with Gasteiger partial charge < -0.3 is 0 Å². The van der Waals surface area contributed by atoms with Crippen molar-refractivity contribution in [3.05, 3.63) is 29.8 Å². The number of hydrogen-bond acceptors (Lipinski definition) is 2. The van der Waals surface area contributed by atoms with Crippen molar-refractivity contribution in [1.82, 2.24) is 0 Å². The molecule has 3 heteroatoms. The number of benzene rings is 1. The molecule has 0 bridgehead atoms. The zero-order chi connectivity index (χ0) is 10.4. The second kappa shape index (κ2) is 6.06. The van der Waals surface area contributed by atoms with Gasteiger partial charge in [0.15, 0.2) is 0 Å². The fourth-order valence-electron chi connectivity index (χ4n) is 0.989. The van der Waals surface area contributed by atoms with Crippen LogP contribution in [0.15, 0.2) is 24.3 Å². The van der Waals surface area contributed by atoms with Gasteiger partial charge in [0.2, 0.25) is 0 Å². The fourth-order valence-corrected chi connectivity index (χ4v) is 3.37. The third-order valence-electron chi connectivity index (χ3n) is 1.82. The summed E-state index contributed by atoms with van der Waals surface area (Å²) in [6.45, 7) is 2.08. The van der Waals surface area contributed by atoms with Crippen molar-refractivity contribution in [3.8, 4) is 0 Å². The Morgan fingerprint density at radius 2 is 2.00 bits per heavy atom. The van der Waals surface area contributed by atoms with E-state index in [1.807, 2.05) is 0 Å². The van der Waals surface area contributed by atoms with Gasteiger partial charge in [0.05, 0.1) is 0 Å². The second-order valence-corrected chi connectivity index (χ2v) is 6.32. The van der Waals surface area contributed by atoms with E-state index < -0.39 is 0 Å². The number of ether oxygens (including phenoxy) is 1. The van der Waals surface area contributed by atoms with Crippen molar-refractivity contribution >= 4 is 30.5 Å². The molecule has 1 aromatic rings. The van der Waals surface area contributed by atoms with Crippen LogP contribution in [0.1, 0.15) is 12.0 Å². The minimum atomic E-state index is -0.202. The van der Waals surface area contributed by atoms with Gasteiger partial charge in [-0.2, -0.15) is 0 Å². The summed E-state index contributed by atoms with van der Waals surface area (Å²) in [6.07, 6.45) is 0.562. The van der Waals surface area contributed by atoms with Crippen molar-refractivity contribution in [1.29, 1.82) is 0 Å². The van der Waals surface area contributed by atoms with Gasteiger partial charge in [-0.3, -0.25) is 0 Å². The zero-order valence-electron chi connectivity index (χ0n) is 8.45. The monoisotopic (exact) mass is 308 g/mol. The van der Waals surface area contributed by atoms with Gasteiger partial charge in [-0.15, -0.1) is 0 Å². The summed E-state index contributed by atoms with van der Waals surface area (Å²) < 4.78 is 6.98. The third kappa shape index (κ3) is 4.13. The van der Waals surface area contributed by atoms with Gasteiger partial charge in [0, 0.05) is 0 Å². The molecule has 0 aliphatic heterocycles. The number of aryl methyl sites for hydroxylation is 1. The summed E-state index contributed by atoms with van der Waals surface area (Å²) >= 11 is -0.202. The number of esters is 1. The molecule has 0 unspecified atom stereocenters. The van der Waals surface area contributed by atoms with E-state index in [2.05, 4.69) is 35.9 Å². The summed E-state index contributed by atoms with van der Waals surface area (Å²) in [5.74, 6) is -0.0952. The molecule has 1 aromatic carbocycles. The average Bonchev–Trinajstić information content (AvgIpc) is 2.21. The number of rotatable bonds is 4. The Morgan fingerprint density at radius 3 is 2.57 bits per heavy atom. The van der Waals surface area contributed by atoms with Crippen molar-refractivity contribution in [2.24, 2.45) is 0 Å². The predicted octanol–water partition coefficient (Wildman–Crippen LogP) is 1.31. The molecule has 76 valence electrons. The Labute approximate surface area is 94.7 Å². The van der Waals surface area contributed by atoms with Crippen LogP contribution < -0.4 is 3.61 Å². The Bertz CT molecular complexity index is 293. The molecule has 0 radical (unpaired) electrons. The van der Waals surface area contributed by atoms with Crippen molar-refractivity contribution in [2.75, 3.05) is 7.11 Å². The minimum absolute atomic E-state index is 0.0952. The van der Waals surface area contributed by atoms with Gasteiger partial charge in [-0.1, -0.05) is 0 Å². The molecule has 0 amide bonds. The Balaban J connectivity index is 2.31. The van der Waals surface area contributed by atoms with Crippen molar-refractivity contribution < 1.29 is 9.53 Å². The van der Waals surface area contributed by atoms with E-state index in [1.165, 1.54) is 16.3 Å². The van der Waals surface area contributed by atoms with Crippen LogP contribution in [0.25, 0.3) is 0 Å². The molecule has 0 heterocycles. The predicted molar refractivity (Wildman–Crippen MR) is 58.0 cm³/mol. The molecule has 0 atom stereocenters. The van der Waals surface area contributed by atoms with Crippen LogP contribution in [0, 0.1) is 6.92 Å². The van der Waals surface area contributed by atoms with Gasteiger partial charge >= 0.3 is 94.8 Å². The van der Waals surface area contributed by atoms with Crippen LogP contribution in [0.4, 0.5) is 0 Å². The number of carbonyl (C=O) groups is 1. The topological polar surface area (TPSA) is 26.3 Å². The summed E-state index contributed by atoms with van der Waals surface area (Å²) in [6, 6.07) is 8.57. The van der Waals surface area contributed by atoms with E-state index in [-0.39, 0.29) is 26.9 Å². The molecule has 0 aliphatic rings. The van der Waals surface area contributed by atoms with E-state index in [9.17, 15) is 4.79 Å². The van der Waals surface area contributed by atoms with Crippen molar-refractivity contribution in [2.45, 2.75) is 17.8 Å². The molecule has 0 saturated carbocycles. The fraction of sp³-hybridized carbons (Fsp3) is 0.364. The Kier molecular flexibility index (Phi) is 5.00. The van der Waals surface area contributed by atoms with Crippen LogP contribution in [0.5, 0.6) is 0 Å². The van der Waals surface area contributed by atoms with E-state index >= 15 is 0 Å². The molecule has 1 rings (SSSR count). The van der Waals surface area contributed by atoms with E-state index in [4.69, 9.17) is 0 Å². The third-order valence-corrected chi connectivity index (χ3v) is 4.72. The van der Waals surface area contributed by atoms with E-state index in [0.717, 1.165) is 4.47 Å². The molecule has 2 nitrogen and oxygen atoms in total. The first-order valence-corrected chi connectivity index (χ1v) is 7.30. The molecule has 0 fully saturated rings. The average molecular weight is 306 g/mol. The summed E-state index contributed by atoms with van der Waals surface area (Å²) in [5, 5.41) is 0. The van der Waals surface area contributed by atoms with Gasteiger partial charge in [0.1, 0.15) is 0 Å². The Hall–Kier alpha value is -0.520. The number of carbonyl (C=O) groups excluding carboxylic acids is 1. The number of hydrogen-bond donors (Lipinski definition) is 0. The molecule has 0 N–H and O–H groups in total. The SMILES string of the molecule is COC(=O)CC[Te]c1ccc(C)cc1. The molecule has 0 saturated heterocycles. The maximum absolute atomic E-state index is 10.9. The van der Waals surface area contributed by atoms with Gasteiger partial charge in [-0.25, -0.2) is 0 Å². The van der Waals surface area contributed by atoms with Crippen molar-refractivity contribution in [3.63, 3.8) is 0 Å². The van der Waals surface area contributed by atoms with Crippen LogP contribution in [0.2, 0.25) is 4.47 Å². The van der Waals surface area contributed by atoms with Crippen LogP contribution in [0.3, 0.4) is 0 Å². The van der Waals surface area contributed by atoms with E-state index in [0.29, 0.717) is 6.42 Å². The van der Waals surface area contributed by atoms with Crippen LogP contribution in [-0.2, 0) is 9.53 Å². The Morgan fingerprint density at radius 1 is 1.36 bits per heavy atom. The zero-order valence-corrected chi connectivity index (χ0v) is 10.8. The van der Waals surface area contributed by atoms with Crippen LogP contribution >= 0.6 is 0 Å². The maximum atomic E-state index is 10.9. The first-order valence-electron chi connectivity index (χ1n) is 4.48. The molecular weight excluding hydrogens is 292 g/mol. The molecule has 0 aliphatic carbocycles. The van der Waals surface area contributed by atoms with Gasteiger partial charge in [0.25, 0.3) is 0 Å². The molecule has 0 spiro atoms. The molecule has 0 aromatic heterocycles. The summed E-state index contributed by atoms with van der Waals surface area (Å²) in [7, 11) is 1.44. The molecular formula is C11H14O2Te. The number of methoxy groups -OCH3 is 1. The standard InChI is InChI=1S/C11H14O2Te/c1-9-3-5-10(6-4-9)14-8-7-11(12)13-2/h3-6H,7-8H2,1-2H3. The summed E-state index contributed by atoms with van der Waals surface area (Å²) in [5.41, 5.74) is 1.29.